The number of nitrogens with one attached hydrogen (secondary N) is 1. The average Bonchev–Trinajstić information content (AvgIpc) is 2.81. The van der Waals surface area contributed by atoms with Crippen molar-refractivity contribution in [2.24, 2.45) is 5.92 Å². The van der Waals surface area contributed by atoms with Crippen LogP contribution in [0.1, 0.15) is 30.6 Å². The van der Waals surface area contributed by atoms with E-state index in [1.165, 1.54) is 16.9 Å². The van der Waals surface area contributed by atoms with E-state index in [2.05, 4.69) is 15.4 Å². The van der Waals surface area contributed by atoms with Crippen LogP contribution in [-0.4, -0.2) is 37.6 Å². The molecule has 20 heavy (non-hydrogen) atoms. The molecule has 0 aromatic carbocycles. The third-order valence-electron chi connectivity index (χ3n) is 2.88. The van der Waals surface area contributed by atoms with Crippen molar-refractivity contribution < 1.29 is 14.7 Å². The van der Waals surface area contributed by atoms with Crippen molar-refractivity contribution in [3.05, 3.63) is 30.4 Å². The lowest BCUT2D eigenvalue weighted by atomic mass is 10.0. The van der Waals surface area contributed by atoms with Crippen molar-refractivity contribution in [3.8, 4) is 0 Å². The van der Waals surface area contributed by atoms with E-state index in [1.807, 2.05) is 13.8 Å². The van der Waals surface area contributed by atoms with E-state index in [4.69, 9.17) is 5.11 Å². The normalized spacial score (nSPS) is 12.6. The second kappa shape index (κ2) is 5.68. The van der Waals surface area contributed by atoms with Crippen LogP contribution in [0.15, 0.2) is 24.8 Å². The third-order valence-corrected chi connectivity index (χ3v) is 2.88. The molecule has 0 saturated heterocycles. The Bertz CT molecular complexity index is 635. The average molecular weight is 276 g/mol. The lowest BCUT2D eigenvalue weighted by Gasteiger charge is -2.15. The van der Waals surface area contributed by atoms with Gasteiger partial charge >= 0.3 is 5.97 Å². The molecule has 1 amide bonds. The van der Waals surface area contributed by atoms with Crippen molar-refractivity contribution in [3.63, 3.8) is 0 Å². The summed E-state index contributed by atoms with van der Waals surface area (Å²) in [6, 6.07) is -0.908. The molecule has 0 aliphatic heterocycles. The highest BCUT2D eigenvalue weighted by Gasteiger charge is 2.23. The van der Waals surface area contributed by atoms with Crippen LogP contribution in [0.2, 0.25) is 0 Å². The Morgan fingerprint density at radius 3 is 2.80 bits per heavy atom. The minimum Gasteiger partial charge on any atom is -0.480 e. The first-order valence-corrected chi connectivity index (χ1v) is 6.30. The molecule has 106 valence electrons. The van der Waals surface area contributed by atoms with Crippen LogP contribution in [0.5, 0.6) is 0 Å². The van der Waals surface area contributed by atoms with Gasteiger partial charge in [-0.3, -0.25) is 9.78 Å². The number of amides is 1. The first kappa shape index (κ1) is 14.0. The number of carbonyl (C=O) groups excluding carboxylic acids is 1. The van der Waals surface area contributed by atoms with Crippen LogP contribution in [0.3, 0.4) is 0 Å². The van der Waals surface area contributed by atoms with Gasteiger partial charge in [0.15, 0.2) is 0 Å². The molecule has 1 atom stereocenters. The maximum atomic E-state index is 12.2. The molecule has 7 heteroatoms. The Kier molecular flexibility index (Phi) is 3.97. The quantitative estimate of drug-likeness (QED) is 0.847. The number of rotatable bonds is 5. The largest absolute Gasteiger partial charge is 0.480 e. The molecule has 7 nitrogen and oxygen atoms in total. The highest BCUT2D eigenvalue weighted by molar-refractivity contribution is 6.01. The fraction of sp³-hybridized carbons (Fsp3) is 0.385. The number of aromatic nitrogens is 3. The van der Waals surface area contributed by atoms with E-state index in [-0.39, 0.29) is 5.92 Å². The molecular weight excluding hydrogens is 260 g/mol. The van der Waals surface area contributed by atoms with Gasteiger partial charge in [0.25, 0.3) is 5.91 Å². The second-order valence-electron chi connectivity index (χ2n) is 4.96. The molecule has 0 aliphatic carbocycles. The number of fused-ring (bicyclic) bond motifs is 1. The molecule has 0 aliphatic rings. The third kappa shape index (κ3) is 2.93. The van der Waals surface area contributed by atoms with Crippen molar-refractivity contribution in [1.29, 1.82) is 0 Å². The molecule has 2 aromatic rings. The van der Waals surface area contributed by atoms with Gasteiger partial charge in [0.2, 0.25) is 0 Å². The molecule has 2 rings (SSSR count). The molecule has 2 aromatic heterocycles. The predicted molar refractivity (Wildman–Crippen MR) is 71.3 cm³/mol. The van der Waals surface area contributed by atoms with Gasteiger partial charge in [-0.25, -0.2) is 9.31 Å². The SMILES string of the molecule is CC(C)C[C@H](NC(=O)c1cnn2ccncc12)C(=O)O. The van der Waals surface area contributed by atoms with E-state index in [9.17, 15) is 9.59 Å². The van der Waals surface area contributed by atoms with Gasteiger partial charge in [-0.15, -0.1) is 0 Å². The summed E-state index contributed by atoms with van der Waals surface area (Å²) in [5, 5.41) is 15.7. The van der Waals surface area contributed by atoms with Crippen LogP contribution >= 0.6 is 0 Å². The van der Waals surface area contributed by atoms with Crippen molar-refractivity contribution in [1.82, 2.24) is 19.9 Å². The molecule has 0 unspecified atom stereocenters. The number of hydrogen-bond donors (Lipinski definition) is 2. The Morgan fingerprint density at radius 2 is 2.15 bits per heavy atom. The molecule has 0 saturated carbocycles. The Labute approximate surface area is 115 Å². The molecule has 0 spiro atoms. The first-order valence-electron chi connectivity index (χ1n) is 6.30. The Balaban J connectivity index is 2.20. The van der Waals surface area contributed by atoms with Gasteiger partial charge in [-0.2, -0.15) is 5.10 Å². The Morgan fingerprint density at radius 1 is 1.40 bits per heavy atom. The fourth-order valence-electron chi connectivity index (χ4n) is 1.94. The van der Waals surface area contributed by atoms with Crippen LogP contribution in [0, 0.1) is 5.92 Å². The van der Waals surface area contributed by atoms with E-state index >= 15 is 0 Å². The molecule has 0 fully saturated rings. The highest BCUT2D eigenvalue weighted by atomic mass is 16.4. The van der Waals surface area contributed by atoms with Gasteiger partial charge in [0.1, 0.15) is 6.04 Å². The van der Waals surface area contributed by atoms with Crippen LogP contribution in [0.25, 0.3) is 5.52 Å². The van der Waals surface area contributed by atoms with E-state index < -0.39 is 17.9 Å². The molecule has 2 N–H and O–H groups in total. The number of aliphatic carboxylic acids is 1. The van der Waals surface area contributed by atoms with Crippen LogP contribution in [-0.2, 0) is 4.79 Å². The lowest BCUT2D eigenvalue weighted by Crippen LogP contribution is -2.41. The molecular formula is C13H16N4O3. The first-order chi connectivity index (χ1) is 9.49. The zero-order valence-corrected chi connectivity index (χ0v) is 11.3. The van der Waals surface area contributed by atoms with Gasteiger partial charge < -0.3 is 10.4 Å². The summed E-state index contributed by atoms with van der Waals surface area (Å²) in [5.41, 5.74) is 0.854. The van der Waals surface area contributed by atoms with E-state index in [0.717, 1.165) is 0 Å². The van der Waals surface area contributed by atoms with E-state index in [1.54, 1.807) is 12.4 Å². The lowest BCUT2D eigenvalue weighted by molar-refractivity contribution is -0.139. The number of carboxylic acid groups (broad SMARTS) is 1. The standard InChI is InChI=1S/C13H16N4O3/c1-8(2)5-10(13(19)20)16-12(18)9-6-15-17-4-3-14-7-11(9)17/h3-4,6-8,10H,5H2,1-2H3,(H,16,18)(H,19,20)/t10-/m0/s1. The zero-order valence-electron chi connectivity index (χ0n) is 11.3. The number of carboxylic acids is 1. The highest BCUT2D eigenvalue weighted by Crippen LogP contribution is 2.10. The Hall–Kier alpha value is -2.44. The summed E-state index contributed by atoms with van der Waals surface area (Å²) in [5.74, 6) is -1.33. The van der Waals surface area contributed by atoms with Gasteiger partial charge in [-0.05, 0) is 12.3 Å². The fourth-order valence-corrected chi connectivity index (χ4v) is 1.94. The topological polar surface area (TPSA) is 96.6 Å². The van der Waals surface area contributed by atoms with Crippen molar-refractivity contribution in [2.75, 3.05) is 0 Å². The molecule has 0 radical (unpaired) electrons. The smallest absolute Gasteiger partial charge is 0.326 e. The summed E-state index contributed by atoms with van der Waals surface area (Å²) in [6.07, 6.45) is 6.47. The van der Waals surface area contributed by atoms with Gasteiger partial charge in [0, 0.05) is 12.4 Å². The minimum atomic E-state index is -1.04. The van der Waals surface area contributed by atoms with Gasteiger partial charge in [0.05, 0.1) is 23.5 Å². The summed E-state index contributed by atoms with van der Waals surface area (Å²) in [7, 11) is 0. The zero-order chi connectivity index (χ0) is 14.7. The number of carbonyl (C=O) groups is 2. The van der Waals surface area contributed by atoms with E-state index in [0.29, 0.717) is 17.5 Å². The van der Waals surface area contributed by atoms with Crippen LogP contribution < -0.4 is 5.32 Å². The summed E-state index contributed by atoms with van der Waals surface area (Å²) < 4.78 is 1.51. The van der Waals surface area contributed by atoms with Crippen molar-refractivity contribution >= 4 is 17.4 Å². The van der Waals surface area contributed by atoms with Crippen molar-refractivity contribution in [2.45, 2.75) is 26.3 Å². The minimum absolute atomic E-state index is 0.168. The summed E-state index contributed by atoms with van der Waals surface area (Å²) >= 11 is 0. The van der Waals surface area contributed by atoms with Crippen LogP contribution in [0.4, 0.5) is 0 Å². The predicted octanol–water partition coefficient (Wildman–Crippen LogP) is 0.958. The molecule has 0 bridgehead atoms. The van der Waals surface area contributed by atoms with Gasteiger partial charge in [-0.1, -0.05) is 13.8 Å². The summed E-state index contributed by atoms with van der Waals surface area (Å²) in [4.78, 5) is 27.2. The number of nitrogens with zero attached hydrogens (tertiary/aromatic N) is 3. The summed E-state index contributed by atoms with van der Waals surface area (Å²) in [6.45, 7) is 3.81. The maximum absolute atomic E-state index is 12.2. The monoisotopic (exact) mass is 276 g/mol. The molecule has 2 heterocycles. The number of hydrogen-bond acceptors (Lipinski definition) is 4. The maximum Gasteiger partial charge on any atom is 0.326 e. The second-order valence-corrected chi connectivity index (χ2v) is 4.96.